The van der Waals surface area contributed by atoms with Gasteiger partial charge in [-0.15, -0.1) is 0 Å². The van der Waals surface area contributed by atoms with E-state index in [9.17, 15) is 0 Å². The predicted molar refractivity (Wildman–Crippen MR) is 104 cm³/mol. The number of ether oxygens (including phenoxy) is 2. The van der Waals surface area contributed by atoms with E-state index < -0.39 is 0 Å². The van der Waals surface area contributed by atoms with Crippen molar-refractivity contribution in [3.63, 3.8) is 0 Å². The quantitative estimate of drug-likeness (QED) is 0.652. The van der Waals surface area contributed by atoms with Gasteiger partial charge in [-0.05, 0) is 43.2 Å². The van der Waals surface area contributed by atoms with Gasteiger partial charge in [0, 0.05) is 23.7 Å². The van der Waals surface area contributed by atoms with Crippen molar-refractivity contribution in [2.24, 2.45) is 5.92 Å². The first-order valence-electron chi connectivity index (χ1n) is 9.15. The Morgan fingerprint density at radius 2 is 1.93 bits per heavy atom. The first-order chi connectivity index (χ1) is 13.7. The molecule has 2 atom stereocenters. The Labute approximate surface area is 163 Å². The number of nitrogens with zero attached hydrogens (tertiary/aromatic N) is 4. The van der Waals surface area contributed by atoms with E-state index in [1.807, 2.05) is 31.2 Å². The minimum atomic E-state index is 0.409. The van der Waals surface area contributed by atoms with Crippen LogP contribution in [0, 0.1) is 24.2 Å². The van der Waals surface area contributed by atoms with Crippen LogP contribution in [0.5, 0.6) is 11.6 Å². The molecule has 0 aliphatic heterocycles. The molecule has 0 N–H and O–H groups in total. The Morgan fingerprint density at radius 1 is 1.11 bits per heavy atom. The van der Waals surface area contributed by atoms with E-state index in [2.05, 4.69) is 21.0 Å². The number of nitriles is 1. The van der Waals surface area contributed by atoms with E-state index in [1.165, 1.54) is 0 Å². The van der Waals surface area contributed by atoms with Gasteiger partial charge in [-0.3, -0.25) is 4.98 Å². The smallest absolute Gasteiger partial charge is 0.224 e. The number of pyridine rings is 1. The van der Waals surface area contributed by atoms with Gasteiger partial charge in [0.2, 0.25) is 5.88 Å². The molecule has 4 rings (SSSR count). The van der Waals surface area contributed by atoms with E-state index in [0.29, 0.717) is 35.7 Å². The van der Waals surface area contributed by atoms with Gasteiger partial charge in [-0.2, -0.15) is 10.2 Å². The molecule has 6 nitrogen and oxygen atoms in total. The lowest BCUT2D eigenvalue weighted by atomic mass is 10.1. The second kappa shape index (κ2) is 7.65. The molecule has 0 radical (unpaired) electrons. The second-order valence-corrected chi connectivity index (χ2v) is 6.86. The monoisotopic (exact) mass is 372 g/mol. The van der Waals surface area contributed by atoms with Crippen molar-refractivity contribution < 1.29 is 9.47 Å². The summed E-state index contributed by atoms with van der Waals surface area (Å²) in [6, 6.07) is 13.4. The SMILES string of the molecule is COc1ccc(C2C[C@@H]2COc2nc(C)ncc2-c2ccc(C#N)cc2)nc1. The summed E-state index contributed by atoms with van der Waals surface area (Å²) in [7, 11) is 1.64. The molecule has 1 unspecified atom stereocenters. The lowest BCUT2D eigenvalue weighted by Gasteiger charge is -2.11. The molecule has 0 spiro atoms. The van der Waals surface area contributed by atoms with Crippen molar-refractivity contribution >= 4 is 0 Å². The third-order valence-corrected chi connectivity index (χ3v) is 4.93. The summed E-state index contributed by atoms with van der Waals surface area (Å²) in [6.45, 7) is 2.43. The number of hydrogen-bond donors (Lipinski definition) is 0. The zero-order chi connectivity index (χ0) is 19.5. The first-order valence-corrected chi connectivity index (χ1v) is 9.15. The summed E-state index contributed by atoms with van der Waals surface area (Å²) < 4.78 is 11.2. The van der Waals surface area contributed by atoms with Crippen LogP contribution >= 0.6 is 0 Å². The molecule has 140 valence electrons. The summed E-state index contributed by atoms with van der Waals surface area (Å²) in [5.74, 6) is 2.83. The van der Waals surface area contributed by atoms with Crippen LogP contribution in [0.3, 0.4) is 0 Å². The molecule has 28 heavy (non-hydrogen) atoms. The highest BCUT2D eigenvalue weighted by Crippen LogP contribution is 2.47. The van der Waals surface area contributed by atoms with Crippen molar-refractivity contribution in [3.8, 4) is 28.8 Å². The molecule has 0 amide bonds. The van der Waals surface area contributed by atoms with Crippen LogP contribution in [0.4, 0.5) is 0 Å². The average molecular weight is 372 g/mol. The Hall–Kier alpha value is -3.46. The van der Waals surface area contributed by atoms with E-state index in [0.717, 1.165) is 29.0 Å². The summed E-state index contributed by atoms with van der Waals surface area (Å²) in [5, 5.41) is 8.98. The van der Waals surface area contributed by atoms with Gasteiger partial charge in [0.1, 0.15) is 11.6 Å². The van der Waals surface area contributed by atoms with Crippen molar-refractivity contribution in [2.75, 3.05) is 13.7 Å². The lowest BCUT2D eigenvalue weighted by molar-refractivity contribution is 0.285. The van der Waals surface area contributed by atoms with Crippen molar-refractivity contribution in [3.05, 3.63) is 65.9 Å². The van der Waals surface area contributed by atoms with E-state index in [4.69, 9.17) is 14.7 Å². The summed E-state index contributed by atoms with van der Waals surface area (Å²) in [5.41, 5.74) is 3.45. The minimum Gasteiger partial charge on any atom is -0.495 e. The van der Waals surface area contributed by atoms with Crippen LogP contribution in [0.2, 0.25) is 0 Å². The van der Waals surface area contributed by atoms with Gasteiger partial charge in [0.15, 0.2) is 0 Å². The van der Waals surface area contributed by atoms with Crippen molar-refractivity contribution in [1.29, 1.82) is 5.26 Å². The van der Waals surface area contributed by atoms with Crippen molar-refractivity contribution in [2.45, 2.75) is 19.3 Å². The Kier molecular flexibility index (Phi) is 4.90. The number of benzene rings is 1. The number of aromatic nitrogens is 3. The fraction of sp³-hybridized carbons (Fsp3) is 0.273. The molecule has 1 aliphatic rings. The molecule has 0 bridgehead atoms. The topological polar surface area (TPSA) is 80.9 Å². The molecular formula is C22H20N4O2. The van der Waals surface area contributed by atoms with Gasteiger partial charge < -0.3 is 9.47 Å². The summed E-state index contributed by atoms with van der Waals surface area (Å²) >= 11 is 0. The van der Waals surface area contributed by atoms with Gasteiger partial charge in [0.05, 0.1) is 37.1 Å². The fourth-order valence-corrected chi connectivity index (χ4v) is 3.19. The molecule has 1 aromatic carbocycles. The Balaban J connectivity index is 1.46. The van der Waals surface area contributed by atoms with Crippen LogP contribution in [0.25, 0.3) is 11.1 Å². The summed E-state index contributed by atoms with van der Waals surface area (Å²) in [6.07, 6.45) is 4.58. The molecule has 2 aromatic heterocycles. The maximum absolute atomic E-state index is 8.98. The Morgan fingerprint density at radius 3 is 2.61 bits per heavy atom. The maximum Gasteiger partial charge on any atom is 0.224 e. The van der Waals surface area contributed by atoms with Crippen molar-refractivity contribution in [1.82, 2.24) is 15.0 Å². The van der Waals surface area contributed by atoms with Crippen LogP contribution in [0.15, 0.2) is 48.8 Å². The highest BCUT2D eigenvalue weighted by atomic mass is 16.5. The van der Waals surface area contributed by atoms with Crippen LogP contribution in [0.1, 0.15) is 29.4 Å². The molecule has 1 aliphatic carbocycles. The first kappa shape index (κ1) is 17.9. The van der Waals surface area contributed by atoms with E-state index >= 15 is 0 Å². The van der Waals surface area contributed by atoms with Crippen LogP contribution in [-0.4, -0.2) is 28.7 Å². The molecule has 2 heterocycles. The van der Waals surface area contributed by atoms with Gasteiger partial charge >= 0.3 is 0 Å². The average Bonchev–Trinajstić information content (AvgIpc) is 3.52. The molecule has 1 fully saturated rings. The predicted octanol–water partition coefficient (Wildman–Crippen LogP) is 3.91. The number of rotatable bonds is 6. The molecule has 1 saturated carbocycles. The standard InChI is InChI=1S/C22H20N4O2/c1-14-24-12-20(16-5-3-15(10-23)4-6-16)22(26-14)28-13-17-9-19(17)21-8-7-18(27-2)11-25-21/h3-8,11-12,17,19H,9,13H2,1-2H3/t17-,19?/m1/s1. The van der Waals surface area contributed by atoms with Crippen LogP contribution < -0.4 is 9.47 Å². The highest BCUT2D eigenvalue weighted by Gasteiger charge is 2.40. The van der Waals surface area contributed by atoms with Crippen LogP contribution in [-0.2, 0) is 0 Å². The van der Waals surface area contributed by atoms with Gasteiger partial charge in [-0.1, -0.05) is 12.1 Å². The van der Waals surface area contributed by atoms with Gasteiger partial charge in [-0.25, -0.2) is 4.98 Å². The third-order valence-electron chi connectivity index (χ3n) is 4.93. The third kappa shape index (κ3) is 3.79. The van der Waals surface area contributed by atoms with E-state index in [-0.39, 0.29) is 0 Å². The second-order valence-electron chi connectivity index (χ2n) is 6.86. The highest BCUT2D eigenvalue weighted by molar-refractivity contribution is 5.68. The lowest BCUT2D eigenvalue weighted by Crippen LogP contribution is -2.05. The number of methoxy groups -OCH3 is 1. The largest absolute Gasteiger partial charge is 0.495 e. The molecule has 3 aromatic rings. The molecular weight excluding hydrogens is 352 g/mol. The van der Waals surface area contributed by atoms with Gasteiger partial charge in [0.25, 0.3) is 0 Å². The zero-order valence-corrected chi connectivity index (χ0v) is 15.8. The normalized spacial score (nSPS) is 17.6. The Bertz CT molecular complexity index is 1010. The molecule has 6 heteroatoms. The fourth-order valence-electron chi connectivity index (χ4n) is 3.19. The summed E-state index contributed by atoms with van der Waals surface area (Å²) in [4.78, 5) is 13.3. The number of aryl methyl sites for hydroxylation is 1. The maximum atomic E-state index is 8.98. The molecule has 0 saturated heterocycles. The zero-order valence-electron chi connectivity index (χ0n) is 15.8. The van der Waals surface area contributed by atoms with E-state index in [1.54, 1.807) is 31.6 Å². The number of hydrogen-bond acceptors (Lipinski definition) is 6. The minimum absolute atomic E-state index is 0.409.